The average molecular weight is 342 g/mol. The lowest BCUT2D eigenvalue weighted by molar-refractivity contribution is 0.237. The molecule has 2 amide bonds. The topological polar surface area (TPSA) is 67.2 Å². The first-order valence-electron chi connectivity index (χ1n) is 6.83. The molecule has 0 spiro atoms. The van der Waals surface area contributed by atoms with E-state index in [4.69, 9.17) is 27.6 Å². The van der Waals surface area contributed by atoms with E-state index in [0.717, 1.165) is 5.56 Å². The molecule has 2 N–H and O–H groups in total. The molecule has 1 atom stereocenters. The van der Waals surface area contributed by atoms with Crippen molar-refractivity contribution in [1.29, 1.82) is 0 Å². The van der Waals surface area contributed by atoms with Gasteiger partial charge in [0.2, 0.25) is 0 Å². The lowest BCUT2D eigenvalue weighted by Gasteiger charge is -2.15. The Morgan fingerprint density at radius 2 is 2.18 bits per heavy atom. The van der Waals surface area contributed by atoms with Gasteiger partial charge in [-0.25, -0.2) is 9.78 Å². The lowest BCUT2D eigenvalue weighted by Crippen LogP contribution is -2.41. The Kier molecular flexibility index (Phi) is 5.69. The highest BCUT2D eigenvalue weighted by Gasteiger charge is 2.11. The number of amides is 2. The van der Waals surface area contributed by atoms with E-state index in [0.29, 0.717) is 34.5 Å². The molecule has 0 unspecified atom stereocenters. The summed E-state index contributed by atoms with van der Waals surface area (Å²) in [6.07, 6.45) is 1.97. The molecule has 0 aliphatic rings. The van der Waals surface area contributed by atoms with Gasteiger partial charge in [0.15, 0.2) is 6.39 Å². The van der Waals surface area contributed by atoms with E-state index in [1.54, 1.807) is 19.1 Å². The third kappa shape index (κ3) is 4.64. The third-order valence-electron chi connectivity index (χ3n) is 3.18. The molecule has 0 fully saturated rings. The van der Waals surface area contributed by atoms with Crippen molar-refractivity contribution in [2.45, 2.75) is 32.9 Å². The van der Waals surface area contributed by atoms with Gasteiger partial charge < -0.3 is 15.1 Å². The molecule has 118 valence electrons. The third-order valence-corrected chi connectivity index (χ3v) is 3.77. The van der Waals surface area contributed by atoms with Crippen molar-refractivity contribution in [1.82, 2.24) is 15.6 Å². The highest BCUT2D eigenvalue weighted by Crippen LogP contribution is 2.22. The number of urea groups is 1. The number of nitrogens with one attached hydrogen (secondary N) is 2. The van der Waals surface area contributed by atoms with E-state index in [1.165, 1.54) is 6.39 Å². The fourth-order valence-electron chi connectivity index (χ4n) is 2.01. The van der Waals surface area contributed by atoms with Crippen LogP contribution in [0.2, 0.25) is 10.0 Å². The van der Waals surface area contributed by atoms with Crippen LogP contribution in [0.1, 0.15) is 23.9 Å². The van der Waals surface area contributed by atoms with Gasteiger partial charge in [-0.1, -0.05) is 29.3 Å². The van der Waals surface area contributed by atoms with E-state index < -0.39 is 0 Å². The lowest BCUT2D eigenvalue weighted by atomic mass is 10.1. The Balaban J connectivity index is 1.82. The fourth-order valence-corrected chi connectivity index (χ4v) is 2.49. The zero-order valence-corrected chi connectivity index (χ0v) is 13.8. The summed E-state index contributed by atoms with van der Waals surface area (Å²) in [6.45, 7) is 4.03. The summed E-state index contributed by atoms with van der Waals surface area (Å²) < 4.78 is 5.07. The monoisotopic (exact) mass is 341 g/mol. The molecule has 2 rings (SSSR count). The predicted octanol–water partition coefficient (Wildman–Crippen LogP) is 3.72. The van der Waals surface area contributed by atoms with Crippen molar-refractivity contribution >= 4 is 29.2 Å². The zero-order valence-electron chi connectivity index (χ0n) is 12.3. The summed E-state index contributed by atoms with van der Waals surface area (Å²) in [7, 11) is 0. The largest absolute Gasteiger partial charge is 0.448 e. The van der Waals surface area contributed by atoms with Crippen molar-refractivity contribution < 1.29 is 9.21 Å². The van der Waals surface area contributed by atoms with Crippen LogP contribution in [-0.2, 0) is 13.0 Å². The quantitative estimate of drug-likeness (QED) is 0.870. The molecule has 1 aromatic heterocycles. The Labute approximate surface area is 139 Å². The molecule has 0 bridgehead atoms. The number of oxazole rings is 1. The first-order chi connectivity index (χ1) is 10.5. The van der Waals surface area contributed by atoms with Gasteiger partial charge in [-0.05, 0) is 38.0 Å². The Hall–Kier alpha value is -1.72. The molecular formula is C15H17Cl2N3O2. The Bertz CT molecular complexity index is 658. The number of hydrogen-bond acceptors (Lipinski definition) is 3. The zero-order chi connectivity index (χ0) is 16.1. The molecular weight excluding hydrogens is 325 g/mol. The maximum atomic E-state index is 11.9. The van der Waals surface area contributed by atoms with Crippen LogP contribution in [0.15, 0.2) is 29.0 Å². The summed E-state index contributed by atoms with van der Waals surface area (Å²) in [5, 5.41) is 6.78. The molecule has 1 aromatic carbocycles. The molecule has 0 saturated carbocycles. The van der Waals surface area contributed by atoms with Crippen molar-refractivity contribution in [2.24, 2.45) is 0 Å². The van der Waals surface area contributed by atoms with Crippen LogP contribution in [0.5, 0.6) is 0 Å². The highest BCUT2D eigenvalue weighted by molar-refractivity contribution is 6.35. The SMILES string of the molecule is Cc1ocnc1CNC(=O)N[C@H](C)Cc1ccc(Cl)cc1Cl. The van der Waals surface area contributed by atoms with Crippen molar-refractivity contribution in [3.63, 3.8) is 0 Å². The molecule has 5 nitrogen and oxygen atoms in total. The normalized spacial score (nSPS) is 12.0. The van der Waals surface area contributed by atoms with Gasteiger partial charge in [0.05, 0.1) is 6.54 Å². The molecule has 2 aromatic rings. The standard InChI is InChI=1S/C15H17Cl2N3O2/c1-9(5-11-3-4-12(16)6-13(11)17)20-15(21)18-7-14-10(2)22-8-19-14/h3-4,6,8-9H,5,7H2,1-2H3,(H2,18,20,21)/t9-/m1/s1. The second-order valence-electron chi connectivity index (χ2n) is 5.02. The van der Waals surface area contributed by atoms with Gasteiger partial charge in [0.1, 0.15) is 11.5 Å². The molecule has 0 aliphatic carbocycles. The summed E-state index contributed by atoms with van der Waals surface area (Å²) in [6, 6.07) is 5.00. The summed E-state index contributed by atoms with van der Waals surface area (Å²) >= 11 is 12.0. The summed E-state index contributed by atoms with van der Waals surface area (Å²) in [4.78, 5) is 15.9. The maximum Gasteiger partial charge on any atom is 0.315 e. The van der Waals surface area contributed by atoms with Crippen molar-refractivity contribution in [3.05, 3.63) is 51.7 Å². The van der Waals surface area contributed by atoms with E-state index in [1.807, 2.05) is 13.0 Å². The first kappa shape index (κ1) is 16.6. The van der Waals surface area contributed by atoms with Crippen LogP contribution in [0.25, 0.3) is 0 Å². The van der Waals surface area contributed by atoms with Crippen LogP contribution < -0.4 is 10.6 Å². The molecule has 0 saturated heterocycles. The fraction of sp³-hybridized carbons (Fsp3) is 0.333. The number of aryl methyl sites for hydroxylation is 1. The van der Waals surface area contributed by atoms with Crippen LogP contribution in [-0.4, -0.2) is 17.1 Å². The highest BCUT2D eigenvalue weighted by atomic mass is 35.5. The van der Waals surface area contributed by atoms with E-state index in [-0.39, 0.29) is 12.1 Å². The number of carbonyl (C=O) groups is 1. The second kappa shape index (κ2) is 7.51. The number of nitrogens with zero attached hydrogens (tertiary/aromatic N) is 1. The number of benzene rings is 1. The van der Waals surface area contributed by atoms with Gasteiger partial charge in [0.25, 0.3) is 0 Å². The predicted molar refractivity (Wildman–Crippen MR) is 86.2 cm³/mol. The Morgan fingerprint density at radius 1 is 1.41 bits per heavy atom. The first-order valence-corrected chi connectivity index (χ1v) is 7.58. The van der Waals surface area contributed by atoms with Crippen LogP contribution in [0.4, 0.5) is 4.79 Å². The van der Waals surface area contributed by atoms with Crippen LogP contribution in [0.3, 0.4) is 0 Å². The molecule has 0 radical (unpaired) electrons. The van der Waals surface area contributed by atoms with Crippen molar-refractivity contribution in [3.8, 4) is 0 Å². The molecule has 0 aliphatic heterocycles. The molecule has 22 heavy (non-hydrogen) atoms. The van der Waals surface area contributed by atoms with E-state index >= 15 is 0 Å². The smallest absolute Gasteiger partial charge is 0.315 e. The van der Waals surface area contributed by atoms with Gasteiger partial charge in [0, 0.05) is 16.1 Å². The van der Waals surface area contributed by atoms with Gasteiger partial charge in [-0.2, -0.15) is 0 Å². The summed E-state index contributed by atoms with van der Waals surface area (Å²) in [5.41, 5.74) is 1.65. The van der Waals surface area contributed by atoms with Gasteiger partial charge in [-0.3, -0.25) is 0 Å². The van der Waals surface area contributed by atoms with Crippen molar-refractivity contribution in [2.75, 3.05) is 0 Å². The maximum absolute atomic E-state index is 11.9. The molecule has 1 heterocycles. The molecule has 7 heteroatoms. The number of aromatic nitrogens is 1. The number of rotatable bonds is 5. The average Bonchev–Trinajstić information content (AvgIpc) is 2.85. The minimum atomic E-state index is -0.264. The van der Waals surface area contributed by atoms with E-state index in [2.05, 4.69) is 15.6 Å². The van der Waals surface area contributed by atoms with Crippen LogP contribution >= 0.6 is 23.2 Å². The van der Waals surface area contributed by atoms with Crippen LogP contribution in [0, 0.1) is 6.92 Å². The minimum Gasteiger partial charge on any atom is -0.448 e. The number of hydrogen-bond donors (Lipinski definition) is 2. The second-order valence-corrected chi connectivity index (χ2v) is 5.87. The van der Waals surface area contributed by atoms with Gasteiger partial charge in [-0.15, -0.1) is 0 Å². The Morgan fingerprint density at radius 3 is 2.82 bits per heavy atom. The number of carbonyl (C=O) groups excluding carboxylic acids is 1. The van der Waals surface area contributed by atoms with E-state index in [9.17, 15) is 4.79 Å². The van der Waals surface area contributed by atoms with Gasteiger partial charge >= 0.3 is 6.03 Å². The summed E-state index contributed by atoms with van der Waals surface area (Å²) in [5.74, 6) is 0.696. The minimum absolute atomic E-state index is 0.0721. The number of halogens is 2.